The first-order chi connectivity index (χ1) is 11.8. The summed E-state index contributed by atoms with van der Waals surface area (Å²) in [5.41, 5.74) is 0.351. The van der Waals surface area contributed by atoms with Gasteiger partial charge in [-0.1, -0.05) is 6.42 Å². The van der Waals surface area contributed by atoms with Gasteiger partial charge in [-0.2, -0.15) is 0 Å². The van der Waals surface area contributed by atoms with Crippen LogP contribution in [0.5, 0.6) is 0 Å². The number of guanidine groups is 1. The molecule has 0 radical (unpaired) electrons. The summed E-state index contributed by atoms with van der Waals surface area (Å²) in [5, 5.41) is 12.3. The fourth-order valence-electron chi connectivity index (χ4n) is 4.25. The average Bonchev–Trinajstić information content (AvgIpc) is 3.28. The van der Waals surface area contributed by atoms with Crippen molar-refractivity contribution in [3.63, 3.8) is 0 Å². The van der Waals surface area contributed by atoms with Crippen molar-refractivity contribution >= 4 is 29.9 Å². The zero-order valence-electron chi connectivity index (χ0n) is 15.0. The molecule has 2 fully saturated rings. The van der Waals surface area contributed by atoms with Crippen LogP contribution >= 0.6 is 24.0 Å². The van der Waals surface area contributed by atoms with Crippen molar-refractivity contribution in [2.75, 3.05) is 33.4 Å². The maximum Gasteiger partial charge on any atom is 0.194 e. The predicted octanol–water partition coefficient (Wildman–Crippen LogP) is 1.81. The van der Waals surface area contributed by atoms with E-state index in [0.717, 1.165) is 56.9 Å². The molecule has 1 atom stereocenters. The lowest BCUT2D eigenvalue weighted by atomic mass is 9.87. The zero-order chi connectivity index (χ0) is 16.4. The normalized spacial score (nSPS) is 26.4. The first-order valence-corrected chi connectivity index (χ1v) is 9.24. The average molecular weight is 460 g/mol. The number of fused-ring (bicyclic) bond motifs is 1. The van der Waals surface area contributed by atoms with Crippen LogP contribution in [-0.2, 0) is 24.2 Å². The SMILES string of the molecule is CN=C(NCc1nnc2n1CCCCC2)N1CCC2(CCOC2)C1.I. The number of aryl methyl sites for hydroxylation is 1. The lowest BCUT2D eigenvalue weighted by Gasteiger charge is -2.24. The molecule has 4 rings (SSSR count). The van der Waals surface area contributed by atoms with Crippen LogP contribution in [-0.4, -0.2) is 59.0 Å². The Hall–Kier alpha value is -0.900. The number of hydrogen-bond donors (Lipinski definition) is 1. The van der Waals surface area contributed by atoms with Crippen molar-refractivity contribution in [2.45, 2.75) is 51.6 Å². The summed E-state index contributed by atoms with van der Waals surface area (Å²) >= 11 is 0. The largest absolute Gasteiger partial charge is 0.381 e. The van der Waals surface area contributed by atoms with Crippen molar-refractivity contribution < 1.29 is 4.74 Å². The highest BCUT2D eigenvalue weighted by Crippen LogP contribution is 2.38. The Bertz CT molecular complexity index is 610. The monoisotopic (exact) mass is 460 g/mol. The number of aromatic nitrogens is 3. The minimum atomic E-state index is 0. The Morgan fingerprint density at radius 3 is 2.96 bits per heavy atom. The number of likely N-dealkylation sites (tertiary alicyclic amines) is 1. The van der Waals surface area contributed by atoms with Gasteiger partial charge in [0.2, 0.25) is 0 Å². The molecular formula is C17H29IN6O. The van der Waals surface area contributed by atoms with Gasteiger partial charge in [-0.3, -0.25) is 4.99 Å². The molecule has 7 nitrogen and oxygen atoms in total. The molecule has 1 spiro atoms. The van der Waals surface area contributed by atoms with E-state index in [2.05, 4.69) is 30.0 Å². The molecule has 3 aliphatic heterocycles. The number of halogens is 1. The maximum atomic E-state index is 5.63. The highest BCUT2D eigenvalue weighted by atomic mass is 127. The molecule has 0 aliphatic carbocycles. The van der Waals surface area contributed by atoms with Crippen molar-refractivity contribution in [2.24, 2.45) is 10.4 Å². The van der Waals surface area contributed by atoms with E-state index in [9.17, 15) is 0 Å². The molecule has 3 aliphatic rings. The smallest absolute Gasteiger partial charge is 0.194 e. The topological polar surface area (TPSA) is 67.6 Å². The van der Waals surface area contributed by atoms with Crippen LogP contribution in [0.4, 0.5) is 0 Å². The molecule has 0 amide bonds. The van der Waals surface area contributed by atoms with Gasteiger partial charge in [0.05, 0.1) is 13.2 Å². The third-order valence-corrected chi connectivity index (χ3v) is 5.73. The predicted molar refractivity (Wildman–Crippen MR) is 107 cm³/mol. The van der Waals surface area contributed by atoms with Crippen LogP contribution in [0.25, 0.3) is 0 Å². The number of aliphatic imine (C=N–C) groups is 1. The molecule has 2 saturated heterocycles. The molecule has 8 heteroatoms. The van der Waals surface area contributed by atoms with E-state index in [1.54, 1.807) is 0 Å². The molecule has 140 valence electrons. The van der Waals surface area contributed by atoms with Crippen LogP contribution < -0.4 is 5.32 Å². The lowest BCUT2D eigenvalue weighted by molar-refractivity contribution is 0.156. The summed E-state index contributed by atoms with van der Waals surface area (Å²) in [7, 11) is 1.86. The van der Waals surface area contributed by atoms with E-state index in [1.807, 2.05) is 7.05 Å². The van der Waals surface area contributed by atoms with Crippen molar-refractivity contribution in [3.8, 4) is 0 Å². The van der Waals surface area contributed by atoms with Gasteiger partial charge in [-0.25, -0.2) is 0 Å². The van der Waals surface area contributed by atoms with Crippen molar-refractivity contribution in [1.82, 2.24) is 25.0 Å². The van der Waals surface area contributed by atoms with E-state index >= 15 is 0 Å². The molecule has 1 N–H and O–H groups in total. The minimum Gasteiger partial charge on any atom is -0.381 e. The van der Waals surface area contributed by atoms with E-state index < -0.39 is 0 Å². The second-order valence-corrected chi connectivity index (χ2v) is 7.37. The van der Waals surface area contributed by atoms with E-state index in [4.69, 9.17) is 4.74 Å². The van der Waals surface area contributed by atoms with Crippen LogP contribution in [0.2, 0.25) is 0 Å². The second-order valence-electron chi connectivity index (χ2n) is 7.37. The summed E-state index contributed by atoms with van der Waals surface area (Å²) in [6.07, 6.45) is 7.17. The number of nitrogens with one attached hydrogen (secondary N) is 1. The van der Waals surface area contributed by atoms with Gasteiger partial charge in [-0.05, 0) is 25.7 Å². The Balaban J connectivity index is 0.00000182. The number of ether oxygens (including phenoxy) is 1. The first kappa shape index (κ1) is 18.9. The summed E-state index contributed by atoms with van der Waals surface area (Å²) in [4.78, 5) is 6.86. The standard InChI is InChI=1S/C17H28N6O.HI/c1-18-16(22-9-6-17(12-22)7-10-24-13-17)19-11-15-21-20-14-5-3-2-4-8-23(14)15;/h2-13H2,1H3,(H,18,19);1H. The summed E-state index contributed by atoms with van der Waals surface area (Å²) < 4.78 is 7.92. The Morgan fingerprint density at radius 1 is 1.24 bits per heavy atom. The van der Waals surface area contributed by atoms with E-state index in [-0.39, 0.29) is 24.0 Å². The van der Waals surface area contributed by atoms with Gasteiger partial charge in [0.1, 0.15) is 5.82 Å². The fourth-order valence-corrected chi connectivity index (χ4v) is 4.25. The van der Waals surface area contributed by atoms with Crippen LogP contribution in [0, 0.1) is 5.41 Å². The molecular weight excluding hydrogens is 431 g/mol. The molecule has 1 aromatic rings. The highest BCUT2D eigenvalue weighted by molar-refractivity contribution is 14.0. The third-order valence-electron chi connectivity index (χ3n) is 5.73. The minimum absolute atomic E-state index is 0. The van der Waals surface area contributed by atoms with E-state index in [1.165, 1.54) is 32.1 Å². The highest BCUT2D eigenvalue weighted by Gasteiger charge is 2.42. The van der Waals surface area contributed by atoms with Crippen LogP contribution in [0.1, 0.15) is 43.8 Å². The molecule has 25 heavy (non-hydrogen) atoms. The lowest BCUT2D eigenvalue weighted by Crippen LogP contribution is -2.41. The second kappa shape index (κ2) is 8.20. The van der Waals surface area contributed by atoms with Gasteiger partial charge < -0.3 is 19.5 Å². The third kappa shape index (κ3) is 3.94. The summed E-state index contributed by atoms with van der Waals surface area (Å²) in [5.74, 6) is 3.15. The van der Waals surface area contributed by atoms with Crippen LogP contribution in [0.15, 0.2) is 4.99 Å². The van der Waals surface area contributed by atoms with Gasteiger partial charge >= 0.3 is 0 Å². The Kier molecular flexibility index (Phi) is 6.19. The molecule has 4 heterocycles. The zero-order valence-corrected chi connectivity index (χ0v) is 17.4. The van der Waals surface area contributed by atoms with Gasteiger partial charge in [-0.15, -0.1) is 34.2 Å². The van der Waals surface area contributed by atoms with Crippen molar-refractivity contribution in [1.29, 1.82) is 0 Å². The first-order valence-electron chi connectivity index (χ1n) is 9.24. The number of hydrogen-bond acceptors (Lipinski definition) is 4. The van der Waals surface area contributed by atoms with Gasteiger partial charge in [0, 0.05) is 45.1 Å². The Labute approximate surface area is 166 Å². The van der Waals surface area contributed by atoms with Gasteiger partial charge in [0.25, 0.3) is 0 Å². The van der Waals surface area contributed by atoms with Gasteiger partial charge in [0.15, 0.2) is 11.8 Å². The Morgan fingerprint density at radius 2 is 2.16 bits per heavy atom. The number of nitrogens with zero attached hydrogens (tertiary/aromatic N) is 5. The number of rotatable bonds is 2. The fraction of sp³-hybridized carbons (Fsp3) is 0.824. The molecule has 0 saturated carbocycles. The maximum absolute atomic E-state index is 5.63. The molecule has 0 aromatic carbocycles. The summed E-state index contributed by atoms with van der Waals surface area (Å²) in [6.45, 7) is 5.65. The molecule has 1 aromatic heterocycles. The quantitative estimate of drug-likeness (QED) is 0.415. The van der Waals surface area contributed by atoms with Crippen molar-refractivity contribution in [3.05, 3.63) is 11.6 Å². The van der Waals surface area contributed by atoms with E-state index in [0.29, 0.717) is 12.0 Å². The van der Waals surface area contributed by atoms with Crippen LogP contribution in [0.3, 0.4) is 0 Å². The summed E-state index contributed by atoms with van der Waals surface area (Å²) in [6, 6.07) is 0. The molecule has 1 unspecified atom stereocenters. The molecule has 0 bridgehead atoms.